The van der Waals surface area contributed by atoms with Gasteiger partial charge in [-0.25, -0.2) is 4.98 Å². The van der Waals surface area contributed by atoms with Crippen LogP contribution in [0.5, 0.6) is 0 Å². The van der Waals surface area contributed by atoms with Gasteiger partial charge in [0.05, 0.1) is 23.5 Å². The fourth-order valence-corrected chi connectivity index (χ4v) is 4.30. The van der Waals surface area contributed by atoms with Gasteiger partial charge in [-0.1, -0.05) is 25.0 Å². The molecular formula is C18H25N3O. The van der Waals surface area contributed by atoms with E-state index in [9.17, 15) is 5.11 Å². The molecule has 0 spiro atoms. The molecular weight excluding hydrogens is 274 g/mol. The van der Waals surface area contributed by atoms with Crippen LogP contribution in [0.1, 0.15) is 44.6 Å². The van der Waals surface area contributed by atoms with Gasteiger partial charge in [0, 0.05) is 18.6 Å². The SMILES string of the molecule is OC1CCCCC1N1CCCC(n2cnc3ccccc32)C1. The Morgan fingerprint density at radius 2 is 1.91 bits per heavy atom. The summed E-state index contributed by atoms with van der Waals surface area (Å²) < 4.78 is 2.34. The maximum Gasteiger partial charge on any atom is 0.0961 e. The Morgan fingerprint density at radius 1 is 1.05 bits per heavy atom. The predicted octanol–water partition coefficient (Wildman–Crippen LogP) is 2.98. The van der Waals surface area contributed by atoms with Gasteiger partial charge in [-0.15, -0.1) is 0 Å². The van der Waals surface area contributed by atoms with Crippen molar-refractivity contribution < 1.29 is 5.11 Å². The smallest absolute Gasteiger partial charge is 0.0961 e. The number of hydrogen-bond donors (Lipinski definition) is 1. The standard InChI is InChI=1S/C18H25N3O/c22-18-10-4-3-9-17(18)20-11-5-6-14(12-20)21-13-19-15-7-1-2-8-16(15)21/h1-2,7-8,13-14,17-18,22H,3-6,9-12H2. The fourth-order valence-electron chi connectivity index (χ4n) is 4.30. The van der Waals surface area contributed by atoms with Crippen LogP contribution in [-0.4, -0.2) is 44.8 Å². The van der Waals surface area contributed by atoms with Crippen molar-refractivity contribution in [3.05, 3.63) is 30.6 Å². The minimum absolute atomic E-state index is 0.132. The molecule has 4 nitrogen and oxygen atoms in total. The third kappa shape index (κ3) is 2.55. The minimum Gasteiger partial charge on any atom is -0.391 e. The third-order valence-corrected chi connectivity index (χ3v) is 5.47. The number of rotatable bonds is 2. The van der Waals surface area contributed by atoms with Crippen molar-refractivity contribution in [2.45, 2.75) is 56.7 Å². The number of aliphatic hydroxyl groups excluding tert-OH is 1. The summed E-state index contributed by atoms with van der Waals surface area (Å²) in [6, 6.07) is 9.23. The Kier molecular flexibility index (Phi) is 3.89. The highest BCUT2D eigenvalue weighted by atomic mass is 16.3. The van der Waals surface area contributed by atoms with Crippen LogP contribution in [0.3, 0.4) is 0 Å². The molecule has 1 aromatic carbocycles. The Morgan fingerprint density at radius 3 is 2.82 bits per heavy atom. The lowest BCUT2D eigenvalue weighted by Gasteiger charge is -2.42. The first kappa shape index (κ1) is 14.2. The average molecular weight is 299 g/mol. The Labute approximate surface area is 131 Å². The number of piperidine rings is 1. The third-order valence-electron chi connectivity index (χ3n) is 5.47. The summed E-state index contributed by atoms with van der Waals surface area (Å²) in [4.78, 5) is 7.08. The van der Waals surface area contributed by atoms with E-state index in [4.69, 9.17) is 0 Å². The van der Waals surface area contributed by atoms with Crippen LogP contribution < -0.4 is 0 Å². The van der Waals surface area contributed by atoms with Crippen molar-refractivity contribution in [2.75, 3.05) is 13.1 Å². The van der Waals surface area contributed by atoms with Gasteiger partial charge in [0.25, 0.3) is 0 Å². The molecule has 3 atom stereocenters. The first-order valence-corrected chi connectivity index (χ1v) is 8.66. The van der Waals surface area contributed by atoms with Gasteiger partial charge in [-0.2, -0.15) is 0 Å². The largest absolute Gasteiger partial charge is 0.391 e. The van der Waals surface area contributed by atoms with Gasteiger partial charge in [0.2, 0.25) is 0 Å². The van der Waals surface area contributed by atoms with Crippen LogP contribution in [0.2, 0.25) is 0 Å². The summed E-state index contributed by atoms with van der Waals surface area (Å²) in [5.74, 6) is 0. The lowest BCUT2D eigenvalue weighted by molar-refractivity contribution is 0.00209. The van der Waals surface area contributed by atoms with Gasteiger partial charge in [-0.3, -0.25) is 4.90 Å². The molecule has 2 heterocycles. The summed E-state index contributed by atoms with van der Waals surface area (Å²) in [7, 11) is 0. The summed E-state index contributed by atoms with van der Waals surface area (Å²) in [6.07, 6.45) is 8.85. The van der Waals surface area contributed by atoms with Crippen LogP contribution in [-0.2, 0) is 0 Å². The van der Waals surface area contributed by atoms with E-state index < -0.39 is 0 Å². The minimum atomic E-state index is -0.132. The van der Waals surface area contributed by atoms with Gasteiger partial charge in [0.1, 0.15) is 0 Å². The molecule has 0 bridgehead atoms. The first-order chi connectivity index (χ1) is 10.8. The highest BCUT2D eigenvalue weighted by Crippen LogP contribution is 2.30. The molecule has 1 saturated heterocycles. The fraction of sp³-hybridized carbons (Fsp3) is 0.611. The molecule has 118 valence electrons. The molecule has 1 aliphatic heterocycles. The van der Waals surface area contributed by atoms with Gasteiger partial charge in [0.15, 0.2) is 0 Å². The molecule has 2 aliphatic rings. The molecule has 1 aromatic heterocycles. The van der Waals surface area contributed by atoms with Crippen LogP contribution >= 0.6 is 0 Å². The van der Waals surface area contributed by atoms with Crippen molar-refractivity contribution in [2.24, 2.45) is 0 Å². The maximum absolute atomic E-state index is 10.3. The number of fused-ring (bicyclic) bond motifs is 1. The molecule has 4 rings (SSSR count). The van der Waals surface area contributed by atoms with Crippen molar-refractivity contribution in [1.82, 2.24) is 14.5 Å². The zero-order valence-corrected chi connectivity index (χ0v) is 13.1. The van der Waals surface area contributed by atoms with E-state index in [0.717, 1.165) is 31.4 Å². The van der Waals surface area contributed by atoms with Crippen molar-refractivity contribution in [3.8, 4) is 0 Å². The van der Waals surface area contributed by atoms with Crippen molar-refractivity contribution in [3.63, 3.8) is 0 Å². The van der Waals surface area contributed by atoms with Crippen molar-refractivity contribution >= 4 is 11.0 Å². The van der Waals surface area contributed by atoms with Crippen LogP contribution in [0.4, 0.5) is 0 Å². The van der Waals surface area contributed by atoms with Crippen LogP contribution in [0, 0.1) is 0 Å². The molecule has 1 aliphatic carbocycles. The summed E-state index contributed by atoms with van der Waals surface area (Å²) in [5, 5.41) is 10.3. The number of imidazole rings is 1. The predicted molar refractivity (Wildman–Crippen MR) is 87.8 cm³/mol. The number of nitrogens with zero attached hydrogens (tertiary/aromatic N) is 3. The zero-order chi connectivity index (χ0) is 14.9. The number of aliphatic hydroxyl groups is 1. The maximum atomic E-state index is 10.3. The van der Waals surface area contributed by atoms with E-state index in [1.54, 1.807) is 0 Å². The average Bonchev–Trinajstić information content (AvgIpc) is 2.99. The number of aromatic nitrogens is 2. The quantitative estimate of drug-likeness (QED) is 0.927. The van der Waals surface area contributed by atoms with Crippen molar-refractivity contribution in [1.29, 1.82) is 0 Å². The second-order valence-electron chi connectivity index (χ2n) is 6.85. The molecule has 0 amide bonds. The van der Waals surface area contributed by atoms with Crippen LogP contribution in [0.15, 0.2) is 30.6 Å². The second-order valence-corrected chi connectivity index (χ2v) is 6.85. The molecule has 1 saturated carbocycles. The molecule has 3 unspecified atom stereocenters. The van der Waals surface area contributed by atoms with E-state index in [1.165, 1.54) is 31.2 Å². The van der Waals surface area contributed by atoms with E-state index in [-0.39, 0.29) is 6.10 Å². The summed E-state index contributed by atoms with van der Waals surface area (Å²) in [6.45, 7) is 2.17. The second kappa shape index (κ2) is 6.01. The van der Waals surface area contributed by atoms with E-state index >= 15 is 0 Å². The first-order valence-electron chi connectivity index (χ1n) is 8.66. The van der Waals surface area contributed by atoms with E-state index in [0.29, 0.717) is 12.1 Å². The molecule has 2 fully saturated rings. The highest BCUT2D eigenvalue weighted by Gasteiger charge is 2.32. The van der Waals surface area contributed by atoms with Crippen LogP contribution in [0.25, 0.3) is 11.0 Å². The molecule has 2 aromatic rings. The van der Waals surface area contributed by atoms with E-state index in [2.05, 4.69) is 32.7 Å². The molecule has 22 heavy (non-hydrogen) atoms. The Balaban J connectivity index is 1.55. The number of hydrogen-bond acceptors (Lipinski definition) is 3. The Hall–Kier alpha value is -1.39. The monoisotopic (exact) mass is 299 g/mol. The summed E-state index contributed by atoms with van der Waals surface area (Å²) in [5.41, 5.74) is 2.32. The normalized spacial score (nSPS) is 30.7. The Bertz CT molecular complexity index is 638. The van der Waals surface area contributed by atoms with Gasteiger partial charge < -0.3 is 9.67 Å². The van der Waals surface area contributed by atoms with E-state index in [1.807, 2.05) is 12.4 Å². The lowest BCUT2D eigenvalue weighted by atomic mass is 9.89. The van der Waals surface area contributed by atoms with Gasteiger partial charge >= 0.3 is 0 Å². The summed E-state index contributed by atoms with van der Waals surface area (Å²) >= 11 is 0. The number of para-hydroxylation sites is 2. The zero-order valence-electron chi connectivity index (χ0n) is 13.1. The number of benzene rings is 1. The molecule has 1 N–H and O–H groups in total. The molecule has 4 heteroatoms. The topological polar surface area (TPSA) is 41.3 Å². The number of likely N-dealkylation sites (tertiary alicyclic amines) is 1. The highest BCUT2D eigenvalue weighted by molar-refractivity contribution is 5.75. The van der Waals surface area contributed by atoms with Gasteiger partial charge in [-0.05, 0) is 44.4 Å². The molecule has 0 radical (unpaired) electrons. The lowest BCUT2D eigenvalue weighted by Crippen LogP contribution is -2.49.